The lowest BCUT2D eigenvalue weighted by molar-refractivity contribution is -0.120. The van der Waals surface area contributed by atoms with Crippen LogP contribution < -0.4 is 9.64 Å². The van der Waals surface area contributed by atoms with Gasteiger partial charge in [-0.2, -0.15) is 0 Å². The van der Waals surface area contributed by atoms with E-state index in [0.29, 0.717) is 13.2 Å². The fraction of sp³-hybridized carbons (Fsp3) is 0.278. The van der Waals surface area contributed by atoms with E-state index in [2.05, 4.69) is 0 Å². The zero-order valence-electron chi connectivity index (χ0n) is 12.2. The number of amides is 1. The van der Waals surface area contributed by atoms with Crippen LogP contribution in [0.25, 0.3) is 0 Å². The van der Waals surface area contributed by atoms with Gasteiger partial charge in [-0.05, 0) is 31.5 Å². The van der Waals surface area contributed by atoms with Crippen LogP contribution in [0, 0.1) is 0 Å². The van der Waals surface area contributed by atoms with Crippen LogP contribution in [0.5, 0.6) is 5.75 Å². The lowest BCUT2D eigenvalue weighted by Crippen LogP contribution is -2.37. The van der Waals surface area contributed by atoms with Crippen molar-refractivity contribution in [2.75, 3.05) is 18.1 Å². The van der Waals surface area contributed by atoms with Gasteiger partial charge >= 0.3 is 0 Å². The molecule has 1 aliphatic rings. The smallest absolute Gasteiger partial charge is 0.234 e. The summed E-state index contributed by atoms with van der Waals surface area (Å²) in [7, 11) is 0. The first-order valence-corrected chi connectivity index (χ1v) is 7.39. The van der Waals surface area contributed by atoms with E-state index in [1.165, 1.54) is 0 Å². The zero-order chi connectivity index (χ0) is 14.7. The Hall–Kier alpha value is -2.29. The van der Waals surface area contributed by atoms with Gasteiger partial charge in [0, 0.05) is 17.8 Å². The van der Waals surface area contributed by atoms with E-state index in [1.54, 1.807) is 0 Å². The van der Waals surface area contributed by atoms with Gasteiger partial charge in [-0.1, -0.05) is 36.4 Å². The van der Waals surface area contributed by atoms with Crippen molar-refractivity contribution in [1.29, 1.82) is 0 Å². The highest BCUT2D eigenvalue weighted by Crippen LogP contribution is 2.35. The third-order valence-corrected chi connectivity index (χ3v) is 3.91. The second kappa shape index (κ2) is 6.00. The second-order valence-electron chi connectivity index (χ2n) is 5.15. The Morgan fingerprint density at radius 1 is 1.14 bits per heavy atom. The molecule has 0 N–H and O–H groups in total. The predicted molar refractivity (Wildman–Crippen MR) is 83.8 cm³/mol. The Bertz CT molecular complexity index is 624. The van der Waals surface area contributed by atoms with Gasteiger partial charge in [0.1, 0.15) is 5.75 Å². The highest BCUT2D eigenvalue weighted by atomic mass is 16.5. The van der Waals surface area contributed by atoms with Crippen molar-refractivity contribution >= 4 is 11.6 Å². The number of hydrogen-bond donors (Lipinski definition) is 0. The third-order valence-electron chi connectivity index (χ3n) is 3.91. The van der Waals surface area contributed by atoms with Crippen molar-refractivity contribution in [3.05, 3.63) is 60.2 Å². The SMILES string of the molecule is CCN(C(=O)C1CCOc2ccccc21)c1ccccc1. The van der Waals surface area contributed by atoms with Crippen LogP contribution >= 0.6 is 0 Å². The van der Waals surface area contributed by atoms with E-state index in [1.807, 2.05) is 66.4 Å². The fourth-order valence-electron chi connectivity index (χ4n) is 2.86. The minimum absolute atomic E-state index is 0.116. The molecule has 0 aliphatic carbocycles. The maximum atomic E-state index is 13.0. The molecule has 2 aromatic rings. The Kier molecular flexibility index (Phi) is 3.91. The van der Waals surface area contributed by atoms with Crippen LogP contribution in [0.1, 0.15) is 24.8 Å². The molecule has 3 heteroatoms. The topological polar surface area (TPSA) is 29.5 Å². The van der Waals surface area contributed by atoms with Crippen LogP contribution in [-0.2, 0) is 4.79 Å². The summed E-state index contributed by atoms with van der Waals surface area (Å²) in [6, 6.07) is 17.7. The lowest BCUT2D eigenvalue weighted by atomic mass is 9.91. The molecule has 0 fully saturated rings. The first kappa shape index (κ1) is 13.7. The van der Waals surface area contributed by atoms with E-state index in [9.17, 15) is 4.79 Å². The van der Waals surface area contributed by atoms with Crippen molar-refractivity contribution in [3.8, 4) is 5.75 Å². The van der Waals surface area contributed by atoms with Crippen LogP contribution in [0.3, 0.4) is 0 Å². The number of benzene rings is 2. The van der Waals surface area contributed by atoms with Crippen molar-refractivity contribution in [1.82, 2.24) is 0 Å². The van der Waals surface area contributed by atoms with Crippen LogP contribution in [0.4, 0.5) is 5.69 Å². The number of fused-ring (bicyclic) bond motifs is 1. The number of para-hydroxylation sites is 2. The third kappa shape index (κ3) is 2.64. The summed E-state index contributed by atoms with van der Waals surface area (Å²) in [6.07, 6.45) is 0.735. The Morgan fingerprint density at radius 2 is 1.86 bits per heavy atom. The molecular weight excluding hydrogens is 262 g/mol. The van der Waals surface area contributed by atoms with E-state index in [4.69, 9.17) is 4.74 Å². The molecule has 108 valence electrons. The van der Waals surface area contributed by atoms with Crippen LogP contribution in [0.15, 0.2) is 54.6 Å². The Morgan fingerprint density at radius 3 is 2.62 bits per heavy atom. The van der Waals surface area contributed by atoms with Gasteiger partial charge in [0.15, 0.2) is 0 Å². The van der Waals surface area contributed by atoms with Crippen molar-refractivity contribution in [2.45, 2.75) is 19.3 Å². The van der Waals surface area contributed by atoms with Crippen molar-refractivity contribution in [2.24, 2.45) is 0 Å². The number of carbonyl (C=O) groups is 1. The summed E-state index contributed by atoms with van der Waals surface area (Å²) in [5.74, 6) is 0.876. The maximum absolute atomic E-state index is 13.0. The molecule has 1 amide bonds. The van der Waals surface area contributed by atoms with Gasteiger partial charge in [-0.25, -0.2) is 0 Å². The lowest BCUT2D eigenvalue weighted by Gasteiger charge is -2.30. The highest BCUT2D eigenvalue weighted by Gasteiger charge is 2.30. The van der Waals surface area contributed by atoms with E-state index >= 15 is 0 Å². The van der Waals surface area contributed by atoms with Gasteiger partial charge in [0.2, 0.25) is 5.91 Å². The van der Waals surface area contributed by atoms with Gasteiger partial charge in [0.05, 0.1) is 12.5 Å². The molecule has 0 radical (unpaired) electrons. The Balaban J connectivity index is 1.92. The number of anilines is 1. The maximum Gasteiger partial charge on any atom is 0.234 e. The molecule has 3 nitrogen and oxygen atoms in total. The second-order valence-corrected chi connectivity index (χ2v) is 5.15. The summed E-state index contributed by atoms with van der Waals surface area (Å²) in [4.78, 5) is 14.8. The summed E-state index contributed by atoms with van der Waals surface area (Å²) in [5.41, 5.74) is 1.96. The first-order valence-electron chi connectivity index (χ1n) is 7.39. The number of carbonyl (C=O) groups excluding carboxylic acids is 1. The van der Waals surface area contributed by atoms with Gasteiger partial charge < -0.3 is 9.64 Å². The molecule has 0 spiro atoms. The summed E-state index contributed by atoms with van der Waals surface area (Å²) in [5, 5.41) is 0. The molecule has 0 bridgehead atoms. The van der Waals surface area contributed by atoms with Gasteiger partial charge in [0.25, 0.3) is 0 Å². The fourth-order valence-corrected chi connectivity index (χ4v) is 2.86. The molecule has 2 aromatic carbocycles. The summed E-state index contributed by atoms with van der Waals surface area (Å²) in [6.45, 7) is 3.28. The van der Waals surface area contributed by atoms with Crippen molar-refractivity contribution < 1.29 is 9.53 Å². The minimum atomic E-state index is -0.116. The Labute approximate surface area is 125 Å². The molecular formula is C18H19NO2. The molecule has 0 saturated carbocycles. The highest BCUT2D eigenvalue weighted by molar-refractivity contribution is 5.98. The molecule has 3 rings (SSSR count). The zero-order valence-corrected chi connectivity index (χ0v) is 12.2. The minimum Gasteiger partial charge on any atom is -0.493 e. The number of nitrogens with zero attached hydrogens (tertiary/aromatic N) is 1. The number of ether oxygens (including phenoxy) is 1. The van der Waals surface area contributed by atoms with E-state index in [-0.39, 0.29) is 11.8 Å². The molecule has 21 heavy (non-hydrogen) atoms. The number of likely N-dealkylation sites (N-methyl/N-ethyl adjacent to an activating group) is 1. The predicted octanol–water partition coefficient (Wildman–Crippen LogP) is 3.61. The first-order chi connectivity index (χ1) is 10.3. The van der Waals surface area contributed by atoms with E-state index < -0.39 is 0 Å². The normalized spacial score (nSPS) is 16.7. The average molecular weight is 281 g/mol. The molecule has 1 aliphatic heterocycles. The molecule has 1 atom stereocenters. The summed E-state index contributed by atoms with van der Waals surface area (Å²) < 4.78 is 5.65. The quantitative estimate of drug-likeness (QED) is 0.860. The summed E-state index contributed by atoms with van der Waals surface area (Å²) >= 11 is 0. The standard InChI is InChI=1S/C18H19NO2/c1-2-19(14-8-4-3-5-9-14)18(20)16-12-13-21-17-11-7-6-10-15(16)17/h3-11,16H,2,12-13H2,1H3. The largest absolute Gasteiger partial charge is 0.493 e. The average Bonchev–Trinajstić information content (AvgIpc) is 2.56. The molecule has 1 heterocycles. The van der Waals surface area contributed by atoms with Crippen LogP contribution in [0.2, 0.25) is 0 Å². The van der Waals surface area contributed by atoms with E-state index in [0.717, 1.165) is 23.4 Å². The van der Waals surface area contributed by atoms with Crippen LogP contribution in [-0.4, -0.2) is 19.1 Å². The molecule has 0 aromatic heterocycles. The number of rotatable bonds is 3. The van der Waals surface area contributed by atoms with Gasteiger partial charge in [-0.3, -0.25) is 4.79 Å². The molecule has 0 saturated heterocycles. The molecule has 1 unspecified atom stereocenters. The van der Waals surface area contributed by atoms with Gasteiger partial charge in [-0.15, -0.1) is 0 Å². The van der Waals surface area contributed by atoms with Crippen molar-refractivity contribution in [3.63, 3.8) is 0 Å². The monoisotopic (exact) mass is 281 g/mol. The number of hydrogen-bond acceptors (Lipinski definition) is 2.